The summed E-state index contributed by atoms with van der Waals surface area (Å²) in [5.74, 6) is 0.427. The number of rotatable bonds is 6. The van der Waals surface area contributed by atoms with Crippen molar-refractivity contribution in [3.63, 3.8) is 0 Å². The van der Waals surface area contributed by atoms with Crippen LogP contribution in [0.15, 0.2) is 30.3 Å². The Hall–Kier alpha value is -1.35. The second-order valence-electron chi connectivity index (χ2n) is 6.13. The van der Waals surface area contributed by atoms with E-state index in [-0.39, 0.29) is 5.97 Å². The Morgan fingerprint density at radius 2 is 2.10 bits per heavy atom. The summed E-state index contributed by atoms with van der Waals surface area (Å²) in [6.07, 6.45) is 4.00. The Morgan fingerprint density at radius 1 is 1.33 bits per heavy atom. The monoisotopic (exact) mass is 289 g/mol. The SMILES string of the molecule is CCCN1CCC(CC(=O)OCc2ccccc2)CC1C. The predicted molar refractivity (Wildman–Crippen MR) is 84.9 cm³/mol. The molecule has 0 aliphatic carbocycles. The lowest BCUT2D eigenvalue weighted by Gasteiger charge is -2.37. The molecule has 2 rings (SSSR count). The topological polar surface area (TPSA) is 29.5 Å². The molecule has 21 heavy (non-hydrogen) atoms. The molecule has 0 saturated carbocycles. The Balaban J connectivity index is 1.71. The molecule has 116 valence electrons. The summed E-state index contributed by atoms with van der Waals surface area (Å²) in [5, 5.41) is 0. The summed E-state index contributed by atoms with van der Waals surface area (Å²) in [6, 6.07) is 10.5. The number of hydrogen-bond donors (Lipinski definition) is 0. The van der Waals surface area contributed by atoms with Gasteiger partial charge in [-0.25, -0.2) is 0 Å². The van der Waals surface area contributed by atoms with Crippen LogP contribution < -0.4 is 0 Å². The van der Waals surface area contributed by atoms with Gasteiger partial charge in [-0.1, -0.05) is 37.3 Å². The van der Waals surface area contributed by atoms with Gasteiger partial charge in [-0.2, -0.15) is 0 Å². The number of piperidine rings is 1. The number of carbonyl (C=O) groups excluding carboxylic acids is 1. The van der Waals surface area contributed by atoms with E-state index in [1.807, 2.05) is 30.3 Å². The fraction of sp³-hybridized carbons (Fsp3) is 0.611. The van der Waals surface area contributed by atoms with Crippen LogP contribution in [0.1, 0.15) is 45.1 Å². The van der Waals surface area contributed by atoms with Gasteiger partial charge in [0, 0.05) is 12.5 Å². The van der Waals surface area contributed by atoms with Gasteiger partial charge in [-0.3, -0.25) is 4.79 Å². The molecular weight excluding hydrogens is 262 g/mol. The fourth-order valence-corrected chi connectivity index (χ4v) is 3.16. The molecule has 1 aliphatic heterocycles. The van der Waals surface area contributed by atoms with Crippen molar-refractivity contribution in [2.24, 2.45) is 5.92 Å². The third kappa shape index (κ3) is 5.16. The van der Waals surface area contributed by atoms with E-state index < -0.39 is 0 Å². The highest BCUT2D eigenvalue weighted by Gasteiger charge is 2.26. The second-order valence-corrected chi connectivity index (χ2v) is 6.13. The number of likely N-dealkylation sites (tertiary alicyclic amines) is 1. The molecule has 0 N–H and O–H groups in total. The second kappa shape index (κ2) is 8.18. The average molecular weight is 289 g/mol. The zero-order chi connectivity index (χ0) is 15.1. The highest BCUT2D eigenvalue weighted by atomic mass is 16.5. The van der Waals surface area contributed by atoms with Crippen LogP contribution in [-0.4, -0.2) is 30.0 Å². The van der Waals surface area contributed by atoms with E-state index in [1.54, 1.807) is 0 Å². The molecule has 1 saturated heterocycles. The molecule has 0 radical (unpaired) electrons. The van der Waals surface area contributed by atoms with Gasteiger partial charge in [-0.15, -0.1) is 0 Å². The lowest BCUT2D eigenvalue weighted by atomic mass is 9.89. The first kappa shape index (κ1) is 16.0. The number of nitrogens with zero attached hydrogens (tertiary/aromatic N) is 1. The first-order valence-electron chi connectivity index (χ1n) is 8.12. The Morgan fingerprint density at radius 3 is 2.76 bits per heavy atom. The number of carbonyl (C=O) groups is 1. The summed E-state index contributed by atoms with van der Waals surface area (Å²) in [6.45, 7) is 7.18. The third-order valence-corrected chi connectivity index (χ3v) is 4.33. The maximum absolute atomic E-state index is 12.0. The average Bonchev–Trinajstić information content (AvgIpc) is 2.49. The summed E-state index contributed by atoms with van der Waals surface area (Å²) >= 11 is 0. The van der Waals surface area contributed by atoms with Gasteiger partial charge in [0.05, 0.1) is 0 Å². The maximum atomic E-state index is 12.0. The van der Waals surface area contributed by atoms with Crippen molar-refractivity contribution >= 4 is 5.97 Å². The molecule has 1 heterocycles. The van der Waals surface area contributed by atoms with Crippen LogP contribution in [0.4, 0.5) is 0 Å². The van der Waals surface area contributed by atoms with Gasteiger partial charge in [-0.05, 0) is 50.8 Å². The quantitative estimate of drug-likeness (QED) is 0.749. The van der Waals surface area contributed by atoms with Crippen LogP contribution in [-0.2, 0) is 16.1 Å². The third-order valence-electron chi connectivity index (χ3n) is 4.33. The maximum Gasteiger partial charge on any atom is 0.306 e. The van der Waals surface area contributed by atoms with Gasteiger partial charge in [0.15, 0.2) is 0 Å². The van der Waals surface area contributed by atoms with Crippen LogP contribution in [0.2, 0.25) is 0 Å². The van der Waals surface area contributed by atoms with Crippen molar-refractivity contribution < 1.29 is 9.53 Å². The highest BCUT2D eigenvalue weighted by molar-refractivity contribution is 5.69. The summed E-state index contributed by atoms with van der Waals surface area (Å²) in [4.78, 5) is 14.5. The lowest BCUT2D eigenvalue weighted by molar-refractivity contribution is -0.146. The molecule has 0 spiro atoms. The van der Waals surface area contributed by atoms with E-state index in [0.717, 1.165) is 24.9 Å². The minimum atomic E-state index is -0.0556. The van der Waals surface area contributed by atoms with Crippen molar-refractivity contribution in [1.29, 1.82) is 0 Å². The van der Waals surface area contributed by atoms with E-state index in [1.165, 1.54) is 13.0 Å². The van der Waals surface area contributed by atoms with Gasteiger partial charge in [0.25, 0.3) is 0 Å². The molecule has 1 aliphatic rings. The van der Waals surface area contributed by atoms with Gasteiger partial charge in [0.2, 0.25) is 0 Å². The molecule has 2 unspecified atom stereocenters. The summed E-state index contributed by atoms with van der Waals surface area (Å²) in [7, 11) is 0. The van der Waals surface area contributed by atoms with E-state index in [9.17, 15) is 4.79 Å². The minimum absolute atomic E-state index is 0.0556. The van der Waals surface area contributed by atoms with Crippen molar-refractivity contribution in [1.82, 2.24) is 4.90 Å². The Labute approximate surface area is 128 Å². The lowest BCUT2D eigenvalue weighted by Crippen LogP contribution is -2.41. The molecule has 1 aromatic carbocycles. The summed E-state index contributed by atoms with van der Waals surface area (Å²) in [5.41, 5.74) is 1.05. The molecule has 0 aromatic heterocycles. The first-order chi connectivity index (χ1) is 10.2. The van der Waals surface area contributed by atoms with Crippen LogP contribution in [0, 0.1) is 5.92 Å². The Kier molecular flexibility index (Phi) is 6.24. The molecule has 0 amide bonds. The number of hydrogen-bond acceptors (Lipinski definition) is 3. The van der Waals surface area contributed by atoms with Crippen molar-refractivity contribution in [2.75, 3.05) is 13.1 Å². The Bertz CT molecular complexity index is 432. The van der Waals surface area contributed by atoms with E-state index in [0.29, 0.717) is 25.0 Å². The molecule has 2 atom stereocenters. The van der Waals surface area contributed by atoms with E-state index >= 15 is 0 Å². The predicted octanol–water partition coefficient (Wildman–Crippen LogP) is 3.63. The zero-order valence-corrected chi connectivity index (χ0v) is 13.3. The van der Waals surface area contributed by atoms with Crippen LogP contribution in [0.5, 0.6) is 0 Å². The van der Waals surface area contributed by atoms with E-state index in [2.05, 4.69) is 18.7 Å². The van der Waals surface area contributed by atoms with Crippen molar-refractivity contribution in [2.45, 2.75) is 52.2 Å². The molecule has 1 aromatic rings. The van der Waals surface area contributed by atoms with Crippen LogP contribution in [0.3, 0.4) is 0 Å². The number of ether oxygens (including phenoxy) is 1. The summed E-state index contributed by atoms with van der Waals surface area (Å²) < 4.78 is 5.39. The van der Waals surface area contributed by atoms with E-state index in [4.69, 9.17) is 4.74 Å². The number of benzene rings is 1. The standard InChI is InChI=1S/C18H27NO2/c1-3-10-19-11-9-17(12-15(19)2)13-18(20)21-14-16-7-5-4-6-8-16/h4-8,15,17H,3,9-14H2,1-2H3. The zero-order valence-electron chi connectivity index (χ0n) is 13.3. The number of esters is 1. The van der Waals surface area contributed by atoms with Crippen molar-refractivity contribution in [3.05, 3.63) is 35.9 Å². The van der Waals surface area contributed by atoms with Gasteiger partial charge >= 0.3 is 5.97 Å². The van der Waals surface area contributed by atoms with Crippen LogP contribution >= 0.6 is 0 Å². The molecule has 1 fully saturated rings. The fourth-order valence-electron chi connectivity index (χ4n) is 3.16. The van der Waals surface area contributed by atoms with Gasteiger partial charge < -0.3 is 9.64 Å². The van der Waals surface area contributed by atoms with Crippen molar-refractivity contribution in [3.8, 4) is 0 Å². The largest absolute Gasteiger partial charge is 0.461 e. The molecule has 3 nitrogen and oxygen atoms in total. The van der Waals surface area contributed by atoms with Gasteiger partial charge in [0.1, 0.15) is 6.61 Å². The smallest absolute Gasteiger partial charge is 0.306 e. The first-order valence-corrected chi connectivity index (χ1v) is 8.12. The van der Waals surface area contributed by atoms with Crippen LogP contribution in [0.25, 0.3) is 0 Å². The highest BCUT2D eigenvalue weighted by Crippen LogP contribution is 2.25. The molecule has 0 bridgehead atoms. The molecular formula is C18H27NO2. The normalized spacial score (nSPS) is 23.0. The minimum Gasteiger partial charge on any atom is -0.461 e. The molecule has 3 heteroatoms.